The van der Waals surface area contributed by atoms with Gasteiger partial charge in [0.15, 0.2) is 11.6 Å². The third-order valence-electron chi connectivity index (χ3n) is 3.83. The van der Waals surface area contributed by atoms with Crippen LogP contribution in [0.2, 0.25) is 5.02 Å². The maximum Gasteiger partial charge on any atom is 0.410 e. The average molecular weight is 346 g/mol. The zero-order valence-corrected chi connectivity index (χ0v) is 14.4. The Bertz CT molecular complexity index is 555. The van der Waals surface area contributed by atoms with Crippen LogP contribution in [-0.4, -0.2) is 29.7 Å². The van der Waals surface area contributed by atoms with E-state index >= 15 is 0 Å². The Hall–Kier alpha value is -1.36. The molecule has 0 bridgehead atoms. The lowest BCUT2D eigenvalue weighted by molar-refractivity contribution is 0.0184. The first-order chi connectivity index (χ1) is 10.7. The van der Waals surface area contributed by atoms with Crippen LogP contribution in [0, 0.1) is 17.6 Å². The number of halogens is 3. The Morgan fingerprint density at radius 1 is 1.30 bits per heavy atom. The molecule has 0 saturated carbocycles. The van der Waals surface area contributed by atoms with Gasteiger partial charge >= 0.3 is 6.09 Å². The molecule has 0 radical (unpaired) electrons. The van der Waals surface area contributed by atoms with E-state index in [9.17, 15) is 13.6 Å². The maximum absolute atomic E-state index is 13.4. The van der Waals surface area contributed by atoms with Gasteiger partial charge in [-0.3, -0.25) is 0 Å². The van der Waals surface area contributed by atoms with Crippen molar-refractivity contribution < 1.29 is 18.3 Å². The van der Waals surface area contributed by atoms with Crippen LogP contribution in [-0.2, 0) is 11.2 Å². The van der Waals surface area contributed by atoms with E-state index in [1.54, 1.807) is 4.90 Å². The topological polar surface area (TPSA) is 29.5 Å². The van der Waals surface area contributed by atoms with Crippen molar-refractivity contribution in [1.29, 1.82) is 0 Å². The number of rotatable bonds is 2. The van der Waals surface area contributed by atoms with Crippen LogP contribution in [0.5, 0.6) is 0 Å². The summed E-state index contributed by atoms with van der Waals surface area (Å²) in [5.41, 5.74) is 0.181. The fourth-order valence-corrected chi connectivity index (χ4v) is 2.94. The summed E-state index contributed by atoms with van der Waals surface area (Å²) in [6.45, 7) is 6.73. The van der Waals surface area contributed by atoms with E-state index in [1.165, 1.54) is 12.1 Å². The number of likely N-dealkylation sites (tertiary alicyclic amines) is 1. The molecule has 0 aromatic heterocycles. The third-order valence-corrected chi connectivity index (χ3v) is 4.11. The van der Waals surface area contributed by atoms with Gasteiger partial charge < -0.3 is 9.64 Å². The average Bonchev–Trinajstić information content (AvgIpc) is 2.43. The summed E-state index contributed by atoms with van der Waals surface area (Å²) in [7, 11) is 0. The highest BCUT2D eigenvalue weighted by Gasteiger charge is 2.27. The molecule has 6 heteroatoms. The van der Waals surface area contributed by atoms with Gasteiger partial charge in [0.25, 0.3) is 0 Å². The van der Waals surface area contributed by atoms with Crippen molar-refractivity contribution in [2.24, 2.45) is 5.92 Å². The highest BCUT2D eigenvalue weighted by atomic mass is 35.5. The molecular weight excluding hydrogens is 324 g/mol. The van der Waals surface area contributed by atoms with Gasteiger partial charge in [-0.25, -0.2) is 13.6 Å². The Morgan fingerprint density at radius 2 is 1.91 bits per heavy atom. The van der Waals surface area contributed by atoms with Crippen molar-refractivity contribution in [2.45, 2.75) is 45.6 Å². The predicted octanol–water partition coefficient (Wildman–Crippen LogP) is 4.81. The molecule has 1 saturated heterocycles. The molecule has 1 amide bonds. The Kier molecular flexibility index (Phi) is 5.50. The monoisotopic (exact) mass is 345 g/mol. The molecule has 0 aliphatic carbocycles. The SMILES string of the molecule is CC(C)(C)OC(=O)N1CCC(Cc2cc(F)c(F)c(Cl)c2)CC1. The minimum atomic E-state index is -1.00. The number of nitrogens with zero attached hydrogens (tertiary/aromatic N) is 1. The molecule has 1 heterocycles. The van der Waals surface area contributed by atoms with Crippen LogP contribution in [0.4, 0.5) is 13.6 Å². The molecular formula is C17H22ClF2NO2. The molecule has 0 spiro atoms. The number of piperidine rings is 1. The number of benzene rings is 1. The molecule has 23 heavy (non-hydrogen) atoms. The summed E-state index contributed by atoms with van der Waals surface area (Å²) in [5, 5.41) is -0.189. The molecule has 2 rings (SSSR count). The number of ether oxygens (including phenoxy) is 1. The second-order valence-electron chi connectivity index (χ2n) is 6.99. The van der Waals surface area contributed by atoms with E-state index in [4.69, 9.17) is 16.3 Å². The summed E-state index contributed by atoms with van der Waals surface area (Å²) in [6.07, 6.45) is 1.93. The molecule has 0 N–H and O–H groups in total. The van der Waals surface area contributed by atoms with Crippen molar-refractivity contribution in [2.75, 3.05) is 13.1 Å². The lowest BCUT2D eigenvalue weighted by Crippen LogP contribution is -2.42. The van der Waals surface area contributed by atoms with E-state index in [-0.39, 0.29) is 11.1 Å². The Labute approximate surface area is 140 Å². The van der Waals surface area contributed by atoms with Crippen LogP contribution >= 0.6 is 11.6 Å². The largest absolute Gasteiger partial charge is 0.444 e. The number of carbonyl (C=O) groups excluding carboxylic acids is 1. The maximum atomic E-state index is 13.4. The highest BCUT2D eigenvalue weighted by Crippen LogP contribution is 2.26. The summed E-state index contributed by atoms with van der Waals surface area (Å²) in [6, 6.07) is 2.67. The minimum Gasteiger partial charge on any atom is -0.444 e. The molecule has 1 fully saturated rings. The van der Waals surface area contributed by atoms with Crippen molar-refractivity contribution >= 4 is 17.7 Å². The van der Waals surface area contributed by atoms with Gasteiger partial charge in [0, 0.05) is 13.1 Å². The molecule has 1 aliphatic rings. The van der Waals surface area contributed by atoms with Gasteiger partial charge in [0.1, 0.15) is 5.60 Å². The summed E-state index contributed by atoms with van der Waals surface area (Å²) in [4.78, 5) is 13.7. The zero-order chi connectivity index (χ0) is 17.2. The van der Waals surface area contributed by atoms with Crippen molar-refractivity contribution in [1.82, 2.24) is 4.90 Å². The number of hydrogen-bond donors (Lipinski definition) is 0. The van der Waals surface area contributed by atoms with Gasteiger partial charge in [-0.15, -0.1) is 0 Å². The zero-order valence-electron chi connectivity index (χ0n) is 13.7. The van der Waals surface area contributed by atoms with Gasteiger partial charge in [-0.05, 0) is 63.6 Å². The second-order valence-corrected chi connectivity index (χ2v) is 7.40. The van der Waals surface area contributed by atoms with E-state index in [2.05, 4.69) is 0 Å². The van der Waals surface area contributed by atoms with Crippen LogP contribution in [0.15, 0.2) is 12.1 Å². The Morgan fingerprint density at radius 3 is 2.43 bits per heavy atom. The number of carbonyl (C=O) groups is 1. The highest BCUT2D eigenvalue weighted by molar-refractivity contribution is 6.30. The van der Waals surface area contributed by atoms with Crippen molar-refractivity contribution in [3.63, 3.8) is 0 Å². The third kappa shape index (κ3) is 5.06. The molecule has 128 valence electrons. The van der Waals surface area contributed by atoms with Gasteiger partial charge in [-0.1, -0.05) is 11.6 Å². The first-order valence-electron chi connectivity index (χ1n) is 7.77. The van der Waals surface area contributed by atoms with Gasteiger partial charge in [0.2, 0.25) is 0 Å². The van der Waals surface area contributed by atoms with Gasteiger partial charge in [-0.2, -0.15) is 0 Å². The normalized spacial score (nSPS) is 16.5. The molecule has 0 atom stereocenters. The second kappa shape index (κ2) is 7.04. The van der Waals surface area contributed by atoms with Crippen LogP contribution in [0.1, 0.15) is 39.2 Å². The fourth-order valence-electron chi connectivity index (χ4n) is 2.71. The predicted molar refractivity (Wildman–Crippen MR) is 85.6 cm³/mol. The van der Waals surface area contributed by atoms with E-state index in [0.29, 0.717) is 31.0 Å². The quantitative estimate of drug-likeness (QED) is 0.720. The fraction of sp³-hybridized carbons (Fsp3) is 0.588. The van der Waals surface area contributed by atoms with E-state index in [1.807, 2.05) is 20.8 Å². The van der Waals surface area contributed by atoms with Crippen LogP contribution in [0.3, 0.4) is 0 Å². The Balaban J connectivity index is 1.89. The first-order valence-corrected chi connectivity index (χ1v) is 8.15. The smallest absolute Gasteiger partial charge is 0.410 e. The number of amides is 1. The summed E-state index contributed by atoms with van der Waals surface area (Å²) in [5.74, 6) is -1.61. The van der Waals surface area contributed by atoms with Gasteiger partial charge in [0.05, 0.1) is 5.02 Å². The molecule has 1 aliphatic heterocycles. The molecule has 1 aromatic carbocycles. The van der Waals surface area contributed by atoms with Crippen LogP contribution in [0.25, 0.3) is 0 Å². The molecule has 1 aromatic rings. The standard InChI is InChI=1S/C17H22ClF2NO2/c1-17(2,3)23-16(22)21-6-4-11(5-7-21)8-12-9-13(18)15(20)14(19)10-12/h9-11H,4-8H2,1-3H3. The molecule has 3 nitrogen and oxygen atoms in total. The lowest BCUT2D eigenvalue weighted by atomic mass is 9.90. The summed E-state index contributed by atoms with van der Waals surface area (Å²) >= 11 is 5.68. The lowest BCUT2D eigenvalue weighted by Gasteiger charge is -2.33. The first kappa shape index (κ1) is 18.0. The van der Waals surface area contributed by atoms with Crippen molar-refractivity contribution in [3.8, 4) is 0 Å². The molecule has 0 unspecified atom stereocenters. The van der Waals surface area contributed by atoms with E-state index in [0.717, 1.165) is 12.8 Å². The summed E-state index contributed by atoms with van der Waals surface area (Å²) < 4.78 is 31.9. The number of hydrogen-bond acceptors (Lipinski definition) is 2. The minimum absolute atomic E-state index is 0.189. The van der Waals surface area contributed by atoms with Crippen molar-refractivity contribution in [3.05, 3.63) is 34.4 Å². The van der Waals surface area contributed by atoms with Crippen LogP contribution < -0.4 is 0 Å². The van der Waals surface area contributed by atoms with E-state index < -0.39 is 17.2 Å².